The summed E-state index contributed by atoms with van der Waals surface area (Å²) in [6.07, 6.45) is 5.24. The van der Waals surface area contributed by atoms with Crippen LogP contribution in [0, 0.1) is 17.3 Å². The smallest absolute Gasteiger partial charge is 0.0131 e. The number of hydrogen-bond donors (Lipinski definition) is 1. The maximum absolute atomic E-state index is 6.50. The number of rotatable bonds is 6. The lowest BCUT2D eigenvalue weighted by molar-refractivity contribution is 0.0982. The van der Waals surface area contributed by atoms with Crippen LogP contribution in [0.1, 0.15) is 60.3 Å². The fourth-order valence-corrected chi connectivity index (χ4v) is 3.24. The molecule has 0 aliphatic heterocycles. The van der Waals surface area contributed by atoms with Gasteiger partial charge in [0.05, 0.1) is 0 Å². The van der Waals surface area contributed by atoms with Crippen molar-refractivity contribution in [3.05, 3.63) is 0 Å². The van der Waals surface area contributed by atoms with Gasteiger partial charge in [-0.25, -0.2) is 0 Å². The predicted octanol–water partition coefficient (Wildman–Crippen LogP) is 3.51. The summed E-state index contributed by atoms with van der Waals surface area (Å²) in [5.74, 6) is 1.50. The summed E-state index contributed by atoms with van der Waals surface area (Å²) < 4.78 is 0. The van der Waals surface area contributed by atoms with Gasteiger partial charge in [0, 0.05) is 19.1 Å². The van der Waals surface area contributed by atoms with Crippen molar-refractivity contribution >= 4 is 0 Å². The Morgan fingerprint density at radius 2 is 2.00 bits per heavy atom. The minimum Gasteiger partial charge on any atom is -0.327 e. The van der Waals surface area contributed by atoms with E-state index in [0.29, 0.717) is 17.4 Å². The van der Waals surface area contributed by atoms with Gasteiger partial charge in [0.1, 0.15) is 0 Å². The van der Waals surface area contributed by atoms with Gasteiger partial charge in [-0.1, -0.05) is 47.5 Å². The van der Waals surface area contributed by atoms with E-state index >= 15 is 0 Å². The molecule has 2 N–H and O–H groups in total. The average molecular weight is 254 g/mol. The van der Waals surface area contributed by atoms with E-state index in [4.69, 9.17) is 5.73 Å². The molecule has 0 saturated heterocycles. The monoisotopic (exact) mass is 254 g/mol. The fourth-order valence-electron chi connectivity index (χ4n) is 3.24. The molecule has 3 atom stereocenters. The molecule has 2 nitrogen and oxygen atoms in total. The van der Waals surface area contributed by atoms with Crippen LogP contribution < -0.4 is 5.73 Å². The molecule has 0 radical (unpaired) electrons. The normalized spacial score (nSPS) is 29.5. The van der Waals surface area contributed by atoms with Gasteiger partial charge in [-0.3, -0.25) is 0 Å². The van der Waals surface area contributed by atoms with E-state index in [9.17, 15) is 0 Å². The molecule has 1 rings (SSSR count). The SMILES string of the molecule is CCC(C)CN(CC)CC1CCCC(C)(C)C1N. The highest BCUT2D eigenvalue weighted by atomic mass is 15.1. The van der Waals surface area contributed by atoms with Gasteiger partial charge < -0.3 is 10.6 Å². The highest BCUT2D eigenvalue weighted by Gasteiger charge is 2.36. The summed E-state index contributed by atoms with van der Waals surface area (Å²) in [6, 6.07) is 0.372. The first-order chi connectivity index (χ1) is 8.40. The largest absolute Gasteiger partial charge is 0.327 e. The van der Waals surface area contributed by atoms with Crippen LogP contribution in [0.25, 0.3) is 0 Å². The fraction of sp³-hybridized carbons (Fsp3) is 1.00. The maximum atomic E-state index is 6.50. The predicted molar refractivity (Wildman–Crippen MR) is 80.7 cm³/mol. The minimum atomic E-state index is 0.332. The summed E-state index contributed by atoms with van der Waals surface area (Å²) in [5, 5.41) is 0. The molecule has 0 amide bonds. The third-order valence-electron chi connectivity index (χ3n) is 5.01. The zero-order valence-corrected chi connectivity index (χ0v) is 13.2. The first-order valence-corrected chi connectivity index (χ1v) is 7.88. The zero-order valence-electron chi connectivity index (χ0n) is 13.2. The second-order valence-corrected chi connectivity index (χ2v) is 7.03. The van der Waals surface area contributed by atoms with Crippen molar-refractivity contribution in [2.75, 3.05) is 19.6 Å². The standard InChI is InChI=1S/C16H34N2/c1-6-13(3)11-18(7-2)12-14-9-8-10-16(4,5)15(14)17/h13-15H,6-12,17H2,1-5H3. The molecular weight excluding hydrogens is 220 g/mol. The second-order valence-electron chi connectivity index (χ2n) is 7.03. The first-order valence-electron chi connectivity index (χ1n) is 7.88. The Bertz CT molecular complexity index is 237. The van der Waals surface area contributed by atoms with Gasteiger partial charge in [0.15, 0.2) is 0 Å². The molecular formula is C16H34N2. The molecule has 108 valence electrons. The van der Waals surface area contributed by atoms with Crippen molar-refractivity contribution in [2.45, 2.75) is 66.3 Å². The summed E-state index contributed by atoms with van der Waals surface area (Å²) in [4.78, 5) is 2.61. The van der Waals surface area contributed by atoms with Crippen LogP contribution >= 0.6 is 0 Å². The Morgan fingerprint density at radius 1 is 1.33 bits per heavy atom. The maximum Gasteiger partial charge on any atom is 0.0131 e. The van der Waals surface area contributed by atoms with Crippen LogP contribution in [0.4, 0.5) is 0 Å². The molecule has 1 aliphatic rings. The Hall–Kier alpha value is -0.0800. The highest BCUT2D eigenvalue weighted by molar-refractivity contribution is 4.92. The molecule has 18 heavy (non-hydrogen) atoms. The van der Waals surface area contributed by atoms with Gasteiger partial charge in [-0.15, -0.1) is 0 Å². The second kappa shape index (κ2) is 6.91. The first kappa shape index (κ1) is 16.0. The van der Waals surface area contributed by atoms with Gasteiger partial charge in [0.25, 0.3) is 0 Å². The molecule has 1 aliphatic carbocycles. The molecule has 0 heterocycles. The van der Waals surface area contributed by atoms with Crippen LogP contribution in [0.2, 0.25) is 0 Å². The third-order valence-corrected chi connectivity index (χ3v) is 5.01. The van der Waals surface area contributed by atoms with Crippen LogP contribution in [-0.2, 0) is 0 Å². The van der Waals surface area contributed by atoms with Gasteiger partial charge in [-0.05, 0) is 36.6 Å². The topological polar surface area (TPSA) is 29.3 Å². The molecule has 1 saturated carbocycles. The number of nitrogens with zero attached hydrogens (tertiary/aromatic N) is 1. The Morgan fingerprint density at radius 3 is 2.56 bits per heavy atom. The van der Waals surface area contributed by atoms with E-state index in [0.717, 1.165) is 12.5 Å². The lowest BCUT2D eigenvalue weighted by Crippen LogP contribution is -2.50. The lowest BCUT2D eigenvalue weighted by atomic mass is 9.68. The van der Waals surface area contributed by atoms with E-state index in [-0.39, 0.29) is 0 Å². The van der Waals surface area contributed by atoms with Gasteiger partial charge >= 0.3 is 0 Å². The minimum absolute atomic E-state index is 0.332. The molecule has 3 unspecified atom stereocenters. The summed E-state index contributed by atoms with van der Waals surface area (Å²) >= 11 is 0. The van der Waals surface area contributed by atoms with Gasteiger partial charge in [-0.2, -0.15) is 0 Å². The molecule has 0 aromatic rings. The summed E-state index contributed by atoms with van der Waals surface area (Å²) in [7, 11) is 0. The van der Waals surface area contributed by atoms with Crippen molar-refractivity contribution in [3.8, 4) is 0 Å². The van der Waals surface area contributed by atoms with Crippen LogP contribution in [0.3, 0.4) is 0 Å². The Labute approximate surface area is 114 Å². The quantitative estimate of drug-likeness (QED) is 0.786. The zero-order chi connectivity index (χ0) is 13.8. The molecule has 2 heteroatoms. The van der Waals surface area contributed by atoms with Crippen molar-refractivity contribution in [1.29, 1.82) is 0 Å². The highest BCUT2D eigenvalue weighted by Crippen LogP contribution is 2.38. The third kappa shape index (κ3) is 4.24. The van der Waals surface area contributed by atoms with Crippen molar-refractivity contribution in [1.82, 2.24) is 4.90 Å². The molecule has 0 bridgehead atoms. The van der Waals surface area contributed by atoms with Crippen molar-refractivity contribution < 1.29 is 0 Å². The molecule has 0 spiro atoms. The van der Waals surface area contributed by atoms with E-state index in [2.05, 4.69) is 39.5 Å². The average Bonchev–Trinajstić information content (AvgIpc) is 2.33. The van der Waals surface area contributed by atoms with E-state index < -0.39 is 0 Å². The van der Waals surface area contributed by atoms with Crippen molar-refractivity contribution in [3.63, 3.8) is 0 Å². The molecule has 0 aromatic heterocycles. The Kier molecular flexibility index (Phi) is 6.13. The Balaban J connectivity index is 2.53. The number of hydrogen-bond acceptors (Lipinski definition) is 2. The van der Waals surface area contributed by atoms with Gasteiger partial charge in [0.2, 0.25) is 0 Å². The van der Waals surface area contributed by atoms with E-state index in [1.54, 1.807) is 0 Å². The summed E-state index contributed by atoms with van der Waals surface area (Å²) in [5.41, 5.74) is 6.83. The number of nitrogens with two attached hydrogens (primary N) is 1. The lowest BCUT2D eigenvalue weighted by Gasteiger charge is -2.43. The summed E-state index contributed by atoms with van der Waals surface area (Å²) in [6.45, 7) is 15.2. The molecule has 0 aromatic carbocycles. The van der Waals surface area contributed by atoms with Crippen LogP contribution in [0.15, 0.2) is 0 Å². The van der Waals surface area contributed by atoms with Crippen molar-refractivity contribution in [2.24, 2.45) is 23.0 Å². The van der Waals surface area contributed by atoms with Crippen LogP contribution in [0.5, 0.6) is 0 Å². The van der Waals surface area contributed by atoms with E-state index in [1.165, 1.54) is 38.8 Å². The molecule has 1 fully saturated rings. The van der Waals surface area contributed by atoms with E-state index in [1.807, 2.05) is 0 Å². The van der Waals surface area contributed by atoms with Crippen LogP contribution in [-0.4, -0.2) is 30.6 Å².